The van der Waals surface area contributed by atoms with Crippen LogP contribution in [0.2, 0.25) is 0 Å². The molecule has 1 aromatic rings. The molecule has 0 saturated carbocycles. The van der Waals surface area contributed by atoms with Gasteiger partial charge in [0.25, 0.3) is 0 Å². The van der Waals surface area contributed by atoms with Crippen LogP contribution in [-0.2, 0) is 0 Å². The minimum absolute atomic E-state index is 0.0605. The number of hydrogen-bond acceptors (Lipinski definition) is 3. The van der Waals surface area contributed by atoms with Crippen LogP contribution in [0, 0.1) is 12.3 Å². The lowest BCUT2D eigenvalue weighted by molar-refractivity contribution is 0.411. The van der Waals surface area contributed by atoms with Crippen molar-refractivity contribution in [1.82, 2.24) is 0 Å². The van der Waals surface area contributed by atoms with E-state index in [9.17, 15) is 0 Å². The Kier molecular flexibility index (Phi) is 3.85. The van der Waals surface area contributed by atoms with Crippen LogP contribution in [0.15, 0.2) is 23.2 Å². The number of nitrogens with zero attached hydrogens (tertiary/aromatic N) is 1. The van der Waals surface area contributed by atoms with Gasteiger partial charge in [0.1, 0.15) is 11.6 Å². The summed E-state index contributed by atoms with van der Waals surface area (Å²) in [4.78, 5) is 4.02. The molecule has 1 aromatic carbocycles. The number of amidine groups is 1. The fraction of sp³-hybridized carbons (Fsp3) is 0.273. The molecule has 0 aliphatic rings. The summed E-state index contributed by atoms with van der Waals surface area (Å²) in [7, 11) is 1.64. The number of ether oxygens (including phenoxy) is 1. The maximum absolute atomic E-state index is 7.01. The van der Waals surface area contributed by atoms with Gasteiger partial charge in [-0.2, -0.15) is 0 Å². The van der Waals surface area contributed by atoms with Crippen LogP contribution in [-0.4, -0.2) is 25.7 Å². The quantitative estimate of drug-likeness (QED) is 0.575. The van der Waals surface area contributed by atoms with Crippen LogP contribution in [0.3, 0.4) is 0 Å². The van der Waals surface area contributed by atoms with Gasteiger partial charge in [0, 0.05) is 6.21 Å². The highest BCUT2D eigenvalue weighted by Crippen LogP contribution is 2.17. The van der Waals surface area contributed by atoms with E-state index >= 15 is 0 Å². The van der Waals surface area contributed by atoms with Crippen molar-refractivity contribution >= 4 is 12.1 Å². The molecular weight excluding hydrogens is 190 g/mol. The number of rotatable bonds is 4. The molecule has 4 heteroatoms. The average Bonchev–Trinajstić information content (AvgIpc) is 2.20. The third-order valence-electron chi connectivity index (χ3n) is 1.93. The zero-order valence-electron chi connectivity index (χ0n) is 8.95. The Morgan fingerprint density at radius 1 is 1.60 bits per heavy atom. The van der Waals surface area contributed by atoms with Gasteiger partial charge in [-0.25, -0.2) is 0 Å². The molecule has 0 saturated heterocycles. The number of methoxy groups -OCH3 is 1. The van der Waals surface area contributed by atoms with Crippen molar-refractivity contribution < 1.29 is 4.74 Å². The average molecular weight is 205 g/mol. The molecule has 80 valence electrons. The second-order valence-corrected chi connectivity index (χ2v) is 3.22. The first-order valence-electron chi connectivity index (χ1n) is 4.61. The van der Waals surface area contributed by atoms with E-state index in [2.05, 4.69) is 4.99 Å². The molecule has 3 N–H and O–H groups in total. The monoisotopic (exact) mass is 205 g/mol. The second kappa shape index (κ2) is 5.14. The highest BCUT2D eigenvalue weighted by atomic mass is 16.5. The van der Waals surface area contributed by atoms with Gasteiger partial charge in [-0.3, -0.25) is 10.4 Å². The first-order valence-corrected chi connectivity index (χ1v) is 4.61. The van der Waals surface area contributed by atoms with E-state index < -0.39 is 0 Å². The van der Waals surface area contributed by atoms with Crippen LogP contribution in [0.5, 0.6) is 5.75 Å². The molecule has 0 spiro atoms. The number of aryl methyl sites for hydroxylation is 1. The SMILES string of the molecule is COc1cc(C=NCC(=N)N)ccc1C. The maximum Gasteiger partial charge on any atom is 0.122 e. The molecule has 0 atom stereocenters. The number of hydrogen-bond donors (Lipinski definition) is 2. The first kappa shape index (κ1) is 11.2. The Morgan fingerprint density at radius 2 is 2.33 bits per heavy atom. The second-order valence-electron chi connectivity index (χ2n) is 3.22. The lowest BCUT2D eigenvalue weighted by Gasteiger charge is -2.04. The molecule has 1 rings (SSSR count). The summed E-state index contributed by atoms with van der Waals surface area (Å²) < 4.78 is 5.18. The minimum atomic E-state index is 0.0605. The third-order valence-corrected chi connectivity index (χ3v) is 1.93. The molecule has 0 radical (unpaired) electrons. The van der Waals surface area contributed by atoms with E-state index in [1.165, 1.54) is 0 Å². The Hall–Kier alpha value is -1.84. The predicted octanol–water partition coefficient (Wildman–Crippen LogP) is 1.36. The highest BCUT2D eigenvalue weighted by molar-refractivity contribution is 5.85. The van der Waals surface area contributed by atoms with Gasteiger partial charge < -0.3 is 10.5 Å². The van der Waals surface area contributed by atoms with Crippen molar-refractivity contribution in [3.8, 4) is 5.75 Å². The summed E-state index contributed by atoms with van der Waals surface area (Å²) in [6.07, 6.45) is 1.68. The molecule has 0 bridgehead atoms. The van der Waals surface area contributed by atoms with Crippen LogP contribution in [0.1, 0.15) is 11.1 Å². The van der Waals surface area contributed by atoms with E-state index in [4.69, 9.17) is 15.9 Å². The Balaban J connectivity index is 2.78. The van der Waals surface area contributed by atoms with Crippen molar-refractivity contribution in [2.75, 3.05) is 13.7 Å². The summed E-state index contributed by atoms with van der Waals surface area (Å²) in [5.74, 6) is 0.895. The zero-order chi connectivity index (χ0) is 11.3. The highest BCUT2D eigenvalue weighted by Gasteiger charge is 1.97. The van der Waals surface area contributed by atoms with Gasteiger partial charge in [-0.1, -0.05) is 12.1 Å². The van der Waals surface area contributed by atoms with Gasteiger partial charge in [0.05, 0.1) is 13.7 Å². The predicted molar refractivity (Wildman–Crippen MR) is 62.1 cm³/mol. The molecule has 0 aliphatic carbocycles. The first-order chi connectivity index (χ1) is 7.13. The van der Waals surface area contributed by atoms with Crippen LogP contribution < -0.4 is 10.5 Å². The molecule has 15 heavy (non-hydrogen) atoms. The summed E-state index contributed by atoms with van der Waals surface area (Å²) in [6, 6.07) is 5.81. The largest absolute Gasteiger partial charge is 0.496 e. The molecule has 0 unspecified atom stereocenters. The van der Waals surface area contributed by atoms with E-state index in [1.807, 2.05) is 25.1 Å². The lowest BCUT2D eigenvalue weighted by atomic mass is 10.1. The number of nitrogens with two attached hydrogens (primary N) is 1. The Morgan fingerprint density at radius 3 is 2.93 bits per heavy atom. The minimum Gasteiger partial charge on any atom is -0.496 e. The smallest absolute Gasteiger partial charge is 0.122 e. The molecule has 0 aliphatic heterocycles. The van der Waals surface area contributed by atoms with Gasteiger partial charge in [0.15, 0.2) is 0 Å². The standard InChI is InChI=1S/C11H15N3O/c1-8-3-4-9(5-10(8)15-2)6-14-7-11(12)13/h3-6H,7H2,1-2H3,(H3,12,13). The molecular formula is C11H15N3O. The third kappa shape index (κ3) is 3.42. The number of benzene rings is 1. The lowest BCUT2D eigenvalue weighted by Crippen LogP contribution is -2.13. The van der Waals surface area contributed by atoms with Crippen molar-refractivity contribution in [2.24, 2.45) is 10.7 Å². The summed E-state index contributed by atoms with van der Waals surface area (Å²) >= 11 is 0. The zero-order valence-corrected chi connectivity index (χ0v) is 8.95. The normalized spacial score (nSPS) is 10.5. The van der Waals surface area contributed by atoms with Crippen LogP contribution in [0.4, 0.5) is 0 Å². The molecule has 4 nitrogen and oxygen atoms in total. The van der Waals surface area contributed by atoms with E-state index in [1.54, 1.807) is 13.3 Å². The fourth-order valence-corrected chi connectivity index (χ4v) is 1.17. The van der Waals surface area contributed by atoms with E-state index in [0.29, 0.717) is 0 Å². The Bertz CT molecular complexity index is 385. The van der Waals surface area contributed by atoms with E-state index in [-0.39, 0.29) is 12.4 Å². The molecule has 0 aromatic heterocycles. The van der Waals surface area contributed by atoms with Crippen molar-refractivity contribution in [3.05, 3.63) is 29.3 Å². The molecule has 0 heterocycles. The van der Waals surface area contributed by atoms with Crippen molar-refractivity contribution in [1.29, 1.82) is 5.41 Å². The fourth-order valence-electron chi connectivity index (χ4n) is 1.17. The van der Waals surface area contributed by atoms with Gasteiger partial charge in [0.2, 0.25) is 0 Å². The van der Waals surface area contributed by atoms with Crippen LogP contribution in [0.25, 0.3) is 0 Å². The summed E-state index contributed by atoms with van der Waals surface area (Å²) in [6.45, 7) is 2.21. The molecule has 0 amide bonds. The van der Waals surface area contributed by atoms with E-state index in [0.717, 1.165) is 16.9 Å². The van der Waals surface area contributed by atoms with Gasteiger partial charge in [-0.15, -0.1) is 0 Å². The number of aliphatic imine (C=N–C) groups is 1. The van der Waals surface area contributed by atoms with Gasteiger partial charge in [-0.05, 0) is 24.1 Å². The summed E-state index contributed by atoms with van der Waals surface area (Å²) in [5, 5.41) is 7.01. The van der Waals surface area contributed by atoms with Crippen LogP contribution >= 0.6 is 0 Å². The number of nitrogens with one attached hydrogen (secondary N) is 1. The summed E-state index contributed by atoms with van der Waals surface area (Å²) in [5.41, 5.74) is 7.21. The topological polar surface area (TPSA) is 71.5 Å². The van der Waals surface area contributed by atoms with Crippen molar-refractivity contribution in [3.63, 3.8) is 0 Å². The Labute approximate surface area is 89.3 Å². The van der Waals surface area contributed by atoms with Crippen molar-refractivity contribution in [2.45, 2.75) is 6.92 Å². The molecule has 0 fully saturated rings. The van der Waals surface area contributed by atoms with Gasteiger partial charge >= 0.3 is 0 Å². The maximum atomic E-state index is 7.01.